The minimum atomic E-state index is 0.544. The van der Waals surface area contributed by atoms with Crippen LogP contribution in [0.2, 0.25) is 5.15 Å². The number of imidazole rings is 1. The molecule has 0 aliphatic carbocycles. The normalized spacial score (nSPS) is 10.9. The summed E-state index contributed by atoms with van der Waals surface area (Å²) >= 11 is 6.14. The topological polar surface area (TPSA) is 17.3 Å². The van der Waals surface area contributed by atoms with E-state index in [9.17, 15) is 0 Å². The summed E-state index contributed by atoms with van der Waals surface area (Å²) in [5, 5.41) is 0.544. The molecular formula is C14H11ClN2. The van der Waals surface area contributed by atoms with Crippen LogP contribution < -0.4 is 0 Å². The molecule has 3 rings (SSSR count). The minimum absolute atomic E-state index is 0.544. The minimum Gasteiger partial charge on any atom is -0.298 e. The van der Waals surface area contributed by atoms with Gasteiger partial charge in [-0.05, 0) is 25.1 Å². The van der Waals surface area contributed by atoms with Gasteiger partial charge in [0.05, 0.1) is 5.52 Å². The van der Waals surface area contributed by atoms with Gasteiger partial charge in [-0.1, -0.05) is 41.4 Å². The van der Waals surface area contributed by atoms with Crippen molar-refractivity contribution in [3.05, 3.63) is 59.4 Å². The first-order valence-corrected chi connectivity index (χ1v) is 5.83. The third-order valence-corrected chi connectivity index (χ3v) is 3.06. The van der Waals surface area contributed by atoms with Gasteiger partial charge in [0.15, 0.2) is 5.15 Å². The molecule has 0 radical (unpaired) electrons. The van der Waals surface area contributed by atoms with Crippen LogP contribution in [-0.2, 0) is 0 Å². The standard InChI is InChI=1S/C14H11ClN2/c1-10-5-4-6-11(9-10)14-16-13(15)12-7-2-3-8-17(12)14/h2-9H,1H3. The predicted octanol–water partition coefficient (Wildman–Crippen LogP) is 3.96. The maximum atomic E-state index is 6.14. The molecule has 0 spiro atoms. The zero-order valence-corrected chi connectivity index (χ0v) is 10.1. The van der Waals surface area contributed by atoms with Crippen molar-refractivity contribution in [3.63, 3.8) is 0 Å². The molecular weight excluding hydrogens is 232 g/mol. The average molecular weight is 243 g/mol. The second-order valence-electron chi connectivity index (χ2n) is 4.05. The van der Waals surface area contributed by atoms with Gasteiger partial charge in [0.1, 0.15) is 5.82 Å². The van der Waals surface area contributed by atoms with Crippen LogP contribution in [0.25, 0.3) is 16.9 Å². The molecule has 1 aromatic carbocycles. The second-order valence-corrected chi connectivity index (χ2v) is 4.41. The van der Waals surface area contributed by atoms with Gasteiger partial charge in [-0.3, -0.25) is 4.40 Å². The molecule has 0 N–H and O–H groups in total. The molecule has 2 aromatic heterocycles. The molecule has 3 heteroatoms. The summed E-state index contributed by atoms with van der Waals surface area (Å²) in [5.41, 5.74) is 3.23. The van der Waals surface area contributed by atoms with Crippen molar-refractivity contribution in [1.82, 2.24) is 9.38 Å². The second kappa shape index (κ2) is 3.90. The van der Waals surface area contributed by atoms with E-state index < -0.39 is 0 Å². The molecule has 17 heavy (non-hydrogen) atoms. The zero-order chi connectivity index (χ0) is 11.8. The van der Waals surface area contributed by atoms with E-state index >= 15 is 0 Å². The van der Waals surface area contributed by atoms with E-state index in [1.807, 2.05) is 40.9 Å². The molecule has 2 heterocycles. The smallest absolute Gasteiger partial charge is 0.155 e. The summed E-state index contributed by atoms with van der Waals surface area (Å²) in [5.74, 6) is 0.884. The first-order chi connectivity index (χ1) is 8.25. The van der Waals surface area contributed by atoms with Crippen molar-refractivity contribution in [2.24, 2.45) is 0 Å². The van der Waals surface area contributed by atoms with Crippen LogP contribution in [0, 0.1) is 6.92 Å². The Kier molecular flexibility index (Phi) is 2.37. The van der Waals surface area contributed by atoms with Crippen LogP contribution >= 0.6 is 11.6 Å². The lowest BCUT2D eigenvalue weighted by Gasteiger charge is -2.01. The quantitative estimate of drug-likeness (QED) is 0.631. The molecule has 0 fully saturated rings. The number of halogens is 1. The fourth-order valence-electron chi connectivity index (χ4n) is 1.99. The first-order valence-electron chi connectivity index (χ1n) is 5.45. The highest BCUT2D eigenvalue weighted by Gasteiger charge is 2.10. The van der Waals surface area contributed by atoms with Gasteiger partial charge in [-0.2, -0.15) is 0 Å². The fraction of sp³-hybridized carbons (Fsp3) is 0.0714. The Hall–Kier alpha value is -1.80. The molecule has 0 unspecified atom stereocenters. The molecule has 0 saturated carbocycles. The Morgan fingerprint density at radius 2 is 2.00 bits per heavy atom. The molecule has 0 bridgehead atoms. The molecule has 0 saturated heterocycles. The molecule has 0 atom stereocenters. The number of pyridine rings is 1. The van der Waals surface area contributed by atoms with Crippen molar-refractivity contribution in [2.45, 2.75) is 6.92 Å². The Labute approximate surface area is 104 Å². The molecule has 84 valence electrons. The van der Waals surface area contributed by atoms with Gasteiger partial charge in [0.2, 0.25) is 0 Å². The van der Waals surface area contributed by atoms with Crippen LogP contribution in [0.3, 0.4) is 0 Å². The lowest BCUT2D eigenvalue weighted by molar-refractivity contribution is 1.16. The van der Waals surface area contributed by atoms with Crippen molar-refractivity contribution in [3.8, 4) is 11.4 Å². The third-order valence-electron chi connectivity index (χ3n) is 2.78. The lowest BCUT2D eigenvalue weighted by atomic mass is 10.1. The van der Waals surface area contributed by atoms with E-state index in [0.717, 1.165) is 16.9 Å². The molecule has 3 aromatic rings. The van der Waals surface area contributed by atoms with Crippen LogP contribution in [0.15, 0.2) is 48.7 Å². The highest BCUT2D eigenvalue weighted by Crippen LogP contribution is 2.25. The van der Waals surface area contributed by atoms with Gasteiger partial charge in [0, 0.05) is 11.8 Å². The molecule has 0 amide bonds. The van der Waals surface area contributed by atoms with Crippen molar-refractivity contribution < 1.29 is 0 Å². The average Bonchev–Trinajstić information content (AvgIpc) is 2.68. The van der Waals surface area contributed by atoms with Crippen molar-refractivity contribution >= 4 is 17.1 Å². The zero-order valence-electron chi connectivity index (χ0n) is 9.39. The lowest BCUT2D eigenvalue weighted by Crippen LogP contribution is -1.88. The summed E-state index contributed by atoms with van der Waals surface area (Å²) in [6.07, 6.45) is 1.98. The Bertz CT molecular complexity index is 686. The highest BCUT2D eigenvalue weighted by atomic mass is 35.5. The number of aromatic nitrogens is 2. The number of hydrogen-bond donors (Lipinski definition) is 0. The largest absolute Gasteiger partial charge is 0.298 e. The van der Waals surface area contributed by atoms with Crippen LogP contribution in [-0.4, -0.2) is 9.38 Å². The summed E-state index contributed by atoms with van der Waals surface area (Å²) in [6.45, 7) is 2.07. The number of nitrogens with zero attached hydrogens (tertiary/aromatic N) is 2. The Balaban J connectivity index is 2.31. The van der Waals surface area contributed by atoms with Gasteiger partial charge >= 0.3 is 0 Å². The third kappa shape index (κ3) is 1.71. The number of benzene rings is 1. The number of hydrogen-bond acceptors (Lipinski definition) is 1. The molecule has 0 aliphatic rings. The summed E-state index contributed by atoms with van der Waals surface area (Å²) < 4.78 is 2.01. The summed E-state index contributed by atoms with van der Waals surface area (Å²) in [7, 11) is 0. The van der Waals surface area contributed by atoms with Crippen molar-refractivity contribution in [1.29, 1.82) is 0 Å². The van der Waals surface area contributed by atoms with Gasteiger partial charge in [-0.15, -0.1) is 0 Å². The number of rotatable bonds is 1. The maximum absolute atomic E-state index is 6.14. The van der Waals surface area contributed by atoms with Gasteiger partial charge in [-0.25, -0.2) is 4.98 Å². The van der Waals surface area contributed by atoms with E-state index in [4.69, 9.17) is 11.6 Å². The van der Waals surface area contributed by atoms with Crippen molar-refractivity contribution in [2.75, 3.05) is 0 Å². The highest BCUT2D eigenvalue weighted by molar-refractivity contribution is 6.32. The van der Waals surface area contributed by atoms with E-state index in [1.54, 1.807) is 0 Å². The van der Waals surface area contributed by atoms with Crippen LogP contribution in [0.5, 0.6) is 0 Å². The van der Waals surface area contributed by atoms with Crippen LogP contribution in [0.1, 0.15) is 5.56 Å². The van der Waals surface area contributed by atoms with E-state index in [0.29, 0.717) is 5.15 Å². The molecule has 2 nitrogen and oxygen atoms in total. The molecule has 0 aliphatic heterocycles. The number of aryl methyl sites for hydroxylation is 1. The van der Waals surface area contributed by atoms with E-state index in [2.05, 4.69) is 24.0 Å². The fourth-order valence-corrected chi connectivity index (χ4v) is 2.22. The summed E-state index contributed by atoms with van der Waals surface area (Å²) in [6, 6.07) is 14.2. The summed E-state index contributed by atoms with van der Waals surface area (Å²) in [4.78, 5) is 4.43. The monoisotopic (exact) mass is 242 g/mol. The van der Waals surface area contributed by atoms with Gasteiger partial charge in [0.25, 0.3) is 0 Å². The Morgan fingerprint density at radius 3 is 2.82 bits per heavy atom. The van der Waals surface area contributed by atoms with Crippen LogP contribution in [0.4, 0.5) is 0 Å². The van der Waals surface area contributed by atoms with E-state index in [1.165, 1.54) is 5.56 Å². The van der Waals surface area contributed by atoms with E-state index in [-0.39, 0.29) is 0 Å². The van der Waals surface area contributed by atoms with Gasteiger partial charge < -0.3 is 0 Å². The maximum Gasteiger partial charge on any atom is 0.155 e. The first kappa shape index (κ1) is 10.4. The Morgan fingerprint density at radius 1 is 1.12 bits per heavy atom. The SMILES string of the molecule is Cc1cccc(-c2nc(Cl)c3ccccn23)c1. The number of fused-ring (bicyclic) bond motifs is 1. The predicted molar refractivity (Wildman–Crippen MR) is 70.4 cm³/mol.